The van der Waals surface area contributed by atoms with Crippen LogP contribution in [0.5, 0.6) is 0 Å². The maximum absolute atomic E-state index is 11.4. The third-order valence-electron chi connectivity index (χ3n) is 4.04. The summed E-state index contributed by atoms with van der Waals surface area (Å²) in [6.07, 6.45) is 2.28. The van der Waals surface area contributed by atoms with Gasteiger partial charge in [0.2, 0.25) is 0 Å². The number of nitrogens with one attached hydrogen (secondary N) is 1. The fraction of sp³-hybridized carbons (Fsp3) is 0.500. The van der Waals surface area contributed by atoms with Crippen LogP contribution in [0, 0.1) is 6.92 Å². The number of amidine groups is 1. The summed E-state index contributed by atoms with van der Waals surface area (Å²) in [4.78, 5) is 16.0. The highest BCUT2D eigenvalue weighted by Crippen LogP contribution is 2.35. The average Bonchev–Trinajstić information content (AvgIpc) is 2.81. The number of hydrogen-bond acceptors (Lipinski definition) is 4. The third kappa shape index (κ3) is 2.86. The van der Waals surface area contributed by atoms with E-state index in [-0.39, 0.29) is 11.6 Å². The molecule has 1 amide bonds. The zero-order valence-corrected chi connectivity index (χ0v) is 12.4. The lowest BCUT2D eigenvalue weighted by atomic mass is 9.78. The summed E-state index contributed by atoms with van der Waals surface area (Å²) in [5.74, 6) is 0. The monoisotopic (exact) mass is 288 g/mol. The molecule has 5 nitrogen and oxygen atoms in total. The number of ether oxygens (including phenoxy) is 2. The van der Waals surface area contributed by atoms with Crippen molar-refractivity contribution in [2.75, 3.05) is 13.2 Å². The average molecular weight is 288 g/mol. The number of amides is 1. The molecule has 1 spiro atoms. The molecule has 112 valence electrons. The van der Waals surface area contributed by atoms with Crippen molar-refractivity contribution in [1.29, 1.82) is 0 Å². The highest BCUT2D eigenvalue weighted by molar-refractivity contribution is 5.91. The van der Waals surface area contributed by atoms with Crippen molar-refractivity contribution in [3.05, 3.63) is 34.9 Å². The van der Waals surface area contributed by atoms with E-state index in [1.54, 1.807) is 6.92 Å². The van der Waals surface area contributed by atoms with Gasteiger partial charge < -0.3 is 9.47 Å². The van der Waals surface area contributed by atoms with Crippen LogP contribution < -0.4 is 5.32 Å². The first-order valence-electron chi connectivity index (χ1n) is 7.35. The lowest BCUT2D eigenvalue weighted by Gasteiger charge is -2.30. The van der Waals surface area contributed by atoms with Crippen molar-refractivity contribution in [1.82, 2.24) is 5.32 Å². The summed E-state index contributed by atoms with van der Waals surface area (Å²) in [5.41, 5.74) is 3.76. The first kappa shape index (κ1) is 13.9. The minimum atomic E-state index is -0.514. The number of carbonyl (C=O) groups is 1. The first-order chi connectivity index (χ1) is 10.1. The van der Waals surface area contributed by atoms with E-state index in [4.69, 9.17) is 9.47 Å². The fourth-order valence-corrected chi connectivity index (χ4v) is 2.99. The number of carbonyl (C=O) groups excluding carboxylic acids is 1. The minimum absolute atomic E-state index is 0.240. The summed E-state index contributed by atoms with van der Waals surface area (Å²) in [5, 5.41) is 2.55. The van der Waals surface area contributed by atoms with Crippen molar-refractivity contribution in [3.63, 3.8) is 0 Å². The van der Waals surface area contributed by atoms with E-state index in [1.807, 2.05) is 0 Å². The van der Waals surface area contributed by atoms with E-state index in [0.29, 0.717) is 13.2 Å². The van der Waals surface area contributed by atoms with Crippen LogP contribution in [0.25, 0.3) is 0 Å². The van der Waals surface area contributed by atoms with Crippen LogP contribution in [-0.2, 0) is 22.3 Å². The lowest BCUT2D eigenvalue weighted by molar-refractivity contribution is 0.154. The van der Waals surface area contributed by atoms with Gasteiger partial charge in [-0.15, -0.1) is 0 Å². The molecule has 1 aromatic rings. The van der Waals surface area contributed by atoms with Crippen LogP contribution in [-0.4, -0.2) is 30.9 Å². The molecule has 0 bridgehead atoms. The van der Waals surface area contributed by atoms with E-state index < -0.39 is 6.09 Å². The molecule has 1 heterocycles. The summed E-state index contributed by atoms with van der Waals surface area (Å²) in [6, 6.07) is 6.86. The Hall–Kier alpha value is -2.04. The van der Waals surface area contributed by atoms with Crippen LogP contribution >= 0.6 is 0 Å². The standard InChI is InChI=1S/C16H20N2O3/c1-3-20-15(19)17-14-18-16(10-21-14)7-6-12-5-4-11(2)8-13(12)9-16/h4-5,8H,3,6-7,9-10H2,1-2H3,(H,17,18,19). The molecule has 1 N–H and O–H groups in total. The Balaban J connectivity index is 1.75. The number of fused-ring (bicyclic) bond motifs is 1. The topological polar surface area (TPSA) is 59.9 Å². The van der Waals surface area contributed by atoms with Crippen LogP contribution in [0.4, 0.5) is 4.79 Å². The Morgan fingerprint density at radius 1 is 1.48 bits per heavy atom. The van der Waals surface area contributed by atoms with E-state index in [1.165, 1.54) is 16.7 Å². The van der Waals surface area contributed by atoms with Crippen LogP contribution in [0.2, 0.25) is 0 Å². The van der Waals surface area contributed by atoms with Gasteiger partial charge in [0.1, 0.15) is 12.1 Å². The molecule has 1 atom stereocenters. The molecule has 0 aromatic heterocycles. The summed E-state index contributed by atoms with van der Waals surface area (Å²) in [6.45, 7) is 4.71. The Morgan fingerprint density at radius 3 is 3.14 bits per heavy atom. The number of nitrogens with zero attached hydrogens (tertiary/aromatic N) is 1. The van der Waals surface area contributed by atoms with Crippen LogP contribution in [0.15, 0.2) is 23.2 Å². The van der Waals surface area contributed by atoms with Gasteiger partial charge in [-0.1, -0.05) is 23.8 Å². The van der Waals surface area contributed by atoms with Gasteiger partial charge >= 0.3 is 6.09 Å². The quantitative estimate of drug-likeness (QED) is 0.863. The Labute approximate surface area is 124 Å². The molecule has 3 rings (SSSR count). The summed E-state index contributed by atoms with van der Waals surface area (Å²) >= 11 is 0. The first-order valence-corrected chi connectivity index (χ1v) is 7.35. The van der Waals surface area contributed by atoms with Crippen molar-refractivity contribution >= 4 is 12.1 Å². The van der Waals surface area contributed by atoms with Gasteiger partial charge in [-0.3, -0.25) is 0 Å². The number of rotatable bonds is 1. The second-order valence-corrected chi connectivity index (χ2v) is 5.72. The van der Waals surface area contributed by atoms with E-state index in [2.05, 4.69) is 35.4 Å². The summed E-state index contributed by atoms with van der Waals surface area (Å²) in [7, 11) is 0. The molecule has 1 aliphatic heterocycles. The lowest BCUT2D eigenvalue weighted by Crippen LogP contribution is -2.35. The highest BCUT2D eigenvalue weighted by Gasteiger charge is 2.40. The normalized spacial score (nSPS) is 23.2. The van der Waals surface area contributed by atoms with Crippen molar-refractivity contribution in [2.45, 2.75) is 38.6 Å². The van der Waals surface area contributed by atoms with Gasteiger partial charge in [0.15, 0.2) is 0 Å². The van der Waals surface area contributed by atoms with Gasteiger partial charge in [-0.25, -0.2) is 15.1 Å². The Morgan fingerprint density at radius 2 is 2.33 bits per heavy atom. The molecular formula is C16H20N2O3. The van der Waals surface area contributed by atoms with Crippen LogP contribution in [0.3, 0.4) is 0 Å². The van der Waals surface area contributed by atoms with Gasteiger partial charge in [0.25, 0.3) is 6.02 Å². The highest BCUT2D eigenvalue weighted by atomic mass is 16.6. The molecule has 1 aromatic carbocycles. The smallest absolute Gasteiger partial charge is 0.415 e. The van der Waals surface area contributed by atoms with E-state index in [0.717, 1.165) is 19.3 Å². The second kappa shape index (κ2) is 5.39. The molecule has 0 fully saturated rings. The van der Waals surface area contributed by atoms with Gasteiger partial charge in [-0.2, -0.15) is 0 Å². The SMILES string of the molecule is CCOC(=O)NC1=NC2(CCc3ccc(C)cc3C2)CO1. The predicted octanol–water partition coefficient (Wildman–Crippen LogP) is 2.35. The largest absolute Gasteiger partial charge is 0.462 e. The van der Waals surface area contributed by atoms with Gasteiger partial charge in [-0.05, 0) is 37.8 Å². The fourth-order valence-electron chi connectivity index (χ4n) is 2.99. The second-order valence-electron chi connectivity index (χ2n) is 5.72. The van der Waals surface area contributed by atoms with Crippen LogP contribution in [0.1, 0.15) is 30.0 Å². The molecule has 0 radical (unpaired) electrons. The van der Waals surface area contributed by atoms with E-state index >= 15 is 0 Å². The van der Waals surface area contributed by atoms with E-state index in [9.17, 15) is 4.79 Å². The Kier molecular flexibility index (Phi) is 3.57. The number of hydrogen-bond donors (Lipinski definition) is 1. The summed E-state index contributed by atoms with van der Waals surface area (Å²) < 4.78 is 10.4. The van der Waals surface area contributed by atoms with Crippen molar-refractivity contribution in [2.24, 2.45) is 4.99 Å². The molecule has 5 heteroatoms. The Bertz CT molecular complexity index is 597. The van der Waals surface area contributed by atoms with Crippen molar-refractivity contribution in [3.8, 4) is 0 Å². The van der Waals surface area contributed by atoms with Gasteiger partial charge in [0.05, 0.1) is 6.61 Å². The number of aryl methyl sites for hydroxylation is 2. The maximum Gasteiger partial charge on any atom is 0.415 e. The molecule has 1 unspecified atom stereocenters. The molecule has 1 aliphatic carbocycles. The molecule has 0 saturated carbocycles. The number of alkyl carbamates (subject to hydrolysis) is 1. The number of benzene rings is 1. The molecule has 21 heavy (non-hydrogen) atoms. The number of aliphatic imine (C=N–C) groups is 1. The minimum Gasteiger partial charge on any atom is -0.462 e. The van der Waals surface area contributed by atoms with Gasteiger partial charge in [0, 0.05) is 6.42 Å². The predicted molar refractivity (Wildman–Crippen MR) is 79.5 cm³/mol. The molecular weight excluding hydrogens is 268 g/mol. The van der Waals surface area contributed by atoms with Crippen molar-refractivity contribution < 1.29 is 14.3 Å². The zero-order valence-electron chi connectivity index (χ0n) is 12.4. The zero-order chi connectivity index (χ0) is 14.9. The molecule has 2 aliphatic rings. The molecule has 0 saturated heterocycles. The maximum atomic E-state index is 11.4. The third-order valence-corrected chi connectivity index (χ3v) is 4.04.